The average molecular weight is 312 g/mol. The Kier molecular flexibility index (Phi) is 4.30. The minimum Gasteiger partial charge on any atom is -0.394 e. The van der Waals surface area contributed by atoms with Crippen molar-refractivity contribution in [1.82, 2.24) is 5.32 Å². The number of carbonyl (C=O) groups excluding carboxylic acids is 2. The average Bonchev–Trinajstić information content (AvgIpc) is 2.59. The Morgan fingerprint density at radius 1 is 1.30 bits per heavy atom. The summed E-state index contributed by atoms with van der Waals surface area (Å²) in [5.74, 6) is -0.0157. The van der Waals surface area contributed by atoms with E-state index in [-0.39, 0.29) is 30.9 Å². The van der Waals surface area contributed by atoms with Crippen molar-refractivity contribution in [2.45, 2.75) is 18.9 Å². The van der Waals surface area contributed by atoms with Crippen molar-refractivity contribution in [3.05, 3.63) is 42.0 Å². The maximum atomic E-state index is 12.5. The fourth-order valence-electron chi connectivity index (χ4n) is 3.21. The largest absolute Gasteiger partial charge is 0.394 e. The molecule has 2 aromatic rings. The normalized spacial score (nSPS) is 14.9. The van der Waals surface area contributed by atoms with E-state index in [0.717, 1.165) is 22.0 Å². The molecule has 2 aromatic carbocycles. The van der Waals surface area contributed by atoms with Gasteiger partial charge in [0.2, 0.25) is 5.91 Å². The molecule has 1 heterocycles. The molecule has 5 nitrogen and oxygen atoms in total. The highest BCUT2D eigenvalue weighted by Crippen LogP contribution is 2.35. The van der Waals surface area contributed by atoms with Gasteiger partial charge in [0.15, 0.2) is 5.78 Å². The van der Waals surface area contributed by atoms with Gasteiger partial charge in [0.1, 0.15) is 0 Å². The number of anilines is 1. The van der Waals surface area contributed by atoms with Crippen molar-refractivity contribution >= 4 is 28.2 Å². The number of hydrogen-bond acceptors (Lipinski definition) is 4. The van der Waals surface area contributed by atoms with E-state index in [1.807, 2.05) is 41.3 Å². The van der Waals surface area contributed by atoms with E-state index in [1.54, 1.807) is 7.05 Å². The van der Waals surface area contributed by atoms with Crippen LogP contribution >= 0.6 is 0 Å². The molecule has 1 amide bonds. The van der Waals surface area contributed by atoms with E-state index in [2.05, 4.69) is 5.32 Å². The SMILES string of the molecule is CNC(=O)CCC(CO)N1CC(=O)c2cccc3cccc1c23. The van der Waals surface area contributed by atoms with E-state index in [4.69, 9.17) is 0 Å². The topological polar surface area (TPSA) is 69.6 Å². The first-order valence-corrected chi connectivity index (χ1v) is 7.78. The van der Waals surface area contributed by atoms with Crippen LogP contribution < -0.4 is 10.2 Å². The molecule has 3 rings (SSSR count). The van der Waals surface area contributed by atoms with Gasteiger partial charge in [0.25, 0.3) is 0 Å². The molecular weight excluding hydrogens is 292 g/mol. The van der Waals surface area contributed by atoms with Crippen LogP contribution in [0.4, 0.5) is 5.69 Å². The molecule has 1 aliphatic rings. The second kappa shape index (κ2) is 6.38. The van der Waals surface area contributed by atoms with E-state index < -0.39 is 0 Å². The molecule has 0 saturated heterocycles. The van der Waals surface area contributed by atoms with Gasteiger partial charge in [-0.1, -0.05) is 30.3 Å². The number of rotatable bonds is 5. The number of aliphatic hydroxyl groups excluding tert-OH is 1. The number of benzene rings is 2. The Hall–Kier alpha value is -2.40. The highest BCUT2D eigenvalue weighted by Gasteiger charge is 2.29. The number of hydrogen-bond donors (Lipinski definition) is 2. The van der Waals surface area contributed by atoms with Crippen molar-refractivity contribution in [2.24, 2.45) is 0 Å². The summed E-state index contributed by atoms with van der Waals surface area (Å²) in [5.41, 5.74) is 1.69. The van der Waals surface area contributed by atoms with Crippen molar-refractivity contribution < 1.29 is 14.7 Å². The lowest BCUT2D eigenvalue weighted by Gasteiger charge is -2.36. The van der Waals surface area contributed by atoms with Crippen molar-refractivity contribution in [2.75, 3.05) is 25.1 Å². The third-order valence-electron chi connectivity index (χ3n) is 4.44. The molecule has 0 aliphatic carbocycles. The molecule has 1 atom stereocenters. The molecule has 5 heteroatoms. The van der Waals surface area contributed by atoms with Crippen LogP contribution in [0.25, 0.3) is 10.8 Å². The maximum Gasteiger partial charge on any atom is 0.219 e. The summed E-state index contributed by atoms with van der Waals surface area (Å²) < 4.78 is 0. The van der Waals surface area contributed by atoms with Crippen LogP contribution in [0.3, 0.4) is 0 Å². The van der Waals surface area contributed by atoms with Crippen molar-refractivity contribution in [3.63, 3.8) is 0 Å². The zero-order valence-electron chi connectivity index (χ0n) is 13.1. The Morgan fingerprint density at radius 3 is 2.74 bits per heavy atom. The predicted octanol–water partition coefficient (Wildman–Crippen LogP) is 1.73. The molecule has 1 aliphatic heterocycles. The summed E-state index contributed by atoms with van der Waals surface area (Å²) in [5, 5.41) is 14.3. The van der Waals surface area contributed by atoms with Crippen LogP contribution in [0.1, 0.15) is 23.2 Å². The van der Waals surface area contributed by atoms with Gasteiger partial charge in [-0.2, -0.15) is 0 Å². The van der Waals surface area contributed by atoms with Crippen LogP contribution in [-0.4, -0.2) is 43.0 Å². The number of nitrogens with zero attached hydrogens (tertiary/aromatic N) is 1. The number of ketones is 1. The van der Waals surface area contributed by atoms with Crippen molar-refractivity contribution in [3.8, 4) is 0 Å². The zero-order chi connectivity index (χ0) is 16.4. The van der Waals surface area contributed by atoms with E-state index in [1.165, 1.54) is 0 Å². The van der Waals surface area contributed by atoms with Gasteiger partial charge in [-0.05, 0) is 17.9 Å². The van der Waals surface area contributed by atoms with Gasteiger partial charge in [-0.3, -0.25) is 9.59 Å². The van der Waals surface area contributed by atoms with Crippen LogP contribution in [0.2, 0.25) is 0 Å². The van der Waals surface area contributed by atoms with E-state index >= 15 is 0 Å². The molecule has 0 fully saturated rings. The monoisotopic (exact) mass is 312 g/mol. The molecule has 0 radical (unpaired) electrons. The summed E-state index contributed by atoms with van der Waals surface area (Å²) in [7, 11) is 1.59. The summed E-state index contributed by atoms with van der Waals surface area (Å²) in [6.07, 6.45) is 0.825. The fraction of sp³-hybridized carbons (Fsp3) is 0.333. The summed E-state index contributed by atoms with van der Waals surface area (Å²) >= 11 is 0. The van der Waals surface area contributed by atoms with Gasteiger partial charge in [-0.15, -0.1) is 0 Å². The first-order chi connectivity index (χ1) is 11.2. The first kappa shape index (κ1) is 15.5. The number of amides is 1. The van der Waals surface area contributed by atoms with E-state index in [9.17, 15) is 14.7 Å². The molecule has 0 aromatic heterocycles. The van der Waals surface area contributed by atoms with Gasteiger partial charge < -0.3 is 15.3 Å². The molecule has 1 unspecified atom stereocenters. The first-order valence-electron chi connectivity index (χ1n) is 7.78. The molecule has 0 bridgehead atoms. The smallest absolute Gasteiger partial charge is 0.219 e. The lowest BCUT2D eigenvalue weighted by atomic mass is 9.93. The third kappa shape index (κ3) is 2.80. The predicted molar refractivity (Wildman–Crippen MR) is 89.8 cm³/mol. The molecule has 0 saturated carbocycles. The van der Waals surface area contributed by atoms with Crippen molar-refractivity contribution in [1.29, 1.82) is 0 Å². The zero-order valence-corrected chi connectivity index (χ0v) is 13.1. The van der Waals surface area contributed by atoms with Gasteiger partial charge in [0, 0.05) is 30.1 Å². The fourth-order valence-corrected chi connectivity index (χ4v) is 3.21. The minimum atomic E-state index is -0.254. The van der Waals surface area contributed by atoms with Crippen LogP contribution in [0.15, 0.2) is 36.4 Å². The molecule has 0 spiro atoms. The Bertz CT molecular complexity index is 752. The summed E-state index contributed by atoms with van der Waals surface area (Å²) in [6.45, 7) is 0.137. The Morgan fingerprint density at radius 2 is 2.04 bits per heavy atom. The Labute approximate surface area is 134 Å². The highest BCUT2D eigenvalue weighted by atomic mass is 16.3. The summed E-state index contributed by atoms with van der Waals surface area (Å²) in [4.78, 5) is 25.9. The molecule has 120 valence electrons. The highest BCUT2D eigenvalue weighted by molar-refractivity contribution is 6.17. The Balaban J connectivity index is 1.99. The van der Waals surface area contributed by atoms with Gasteiger partial charge in [-0.25, -0.2) is 0 Å². The van der Waals surface area contributed by atoms with Gasteiger partial charge in [0.05, 0.1) is 19.2 Å². The lowest BCUT2D eigenvalue weighted by Crippen LogP contribution is -2.44. The molecule has 23 heavy (non-hydrogen) atoms. The second-order valence-electron chi connectivity index (χ2n) is 5.78. The quantitative estimate of drug-likeness (QED) is 0.882. The van der Waals surface area contributed by atoms with E-state index in [0.29, 0.717) is 12.8 Å². The van der Waals surface area contributed by atoms with Gasteiger partial charge >= 0.3 is 0 Å². The molecular formula is C18H20N2O3. The lowest BCUT2D eigenvalue weighted by molar-refractivity contribution is -0.120. The number of aliphatic hydroxyl groups is 1. The standard InChI is InChI=1S/C18H20N2O3/c1-19-17(23)9-8-13(11-21)20-10-16(22)14-6-2-4-12-5-3-7-15(20)18(12)14/h2-7,13,21H,8-11H2,1H3,(H,19,23). The second-order valence-corrected chi connectivity index (χ2v) is 5.78. The number of carbonyl (C=O) groups is 2. The number of nitrogens with one attached hydrogen (secondary N) is 1. The van der Waals surface area contributed by atoms with Crippen LogP contribution in [-0.2, 0) is 4.79 Å². The minimum absolute atomic E-state index is 0.0488. The van der Waals surface area contributed by atoms with Crippen LogP contribution in [0.5, 0.6) is 0 Å². The van der Waals surface area contributed by atoms with Crippen LogP contribution in [0, 0.1) is 0 Å². The maximum absolute atomic E-state index is 12.5. The number of Topliss-reactive ketones (excluding diaryl/α,β-unsaturated/α-hetero) is 1. The molecule has 2 N–H and O–H groups in total. The summed E-state index contributed by atoms with van der Waals surface area (Å²) in [6, 6.07) is 11.4. The third-order valence-corrected chi connectivity index (χ3v) is 4.44.